The molecule has 1 fully saturated rings. The molecule has 1 aliphatic carbocycles. The van der Waals surface area contributed by atoms with Crippen molar-refractivity contribution < 1.29 is 19.5 Å². The van der Waals surface area contributed by atoms with E-state index >= 15 is 0 Å². The summed E-state index contributed by atoms with van der Waals surface area (Å²) in [4.78, 5) is 35.2. The molecule has 0 aromatic carbocycles. The zero-order valence-corrected chi connectivity index (χ0v) is 12.7. The van der Waals surface area contributed by atoms with Gasteiger partial charge in [-0.1, -0.05) is 34.6 Å². The summed E-state index contributed by atoms with van der Waals surface area (Å²) in [6, 6.07) is 0. The van der Waals surface area contributed by atoms with Crippen LogP contribution in [-0.2, 0) is 14.4 Å². The smallest absolute Gasteiger partial charge is 0.307 e. The first-order chi connectivity index (χ1) is 9.02. The van der Waals surface area contributed by atoms with Crippen molar-refractivity contribution in [3.8, 4) is 0 Å². The number of nitrogens with two attached hydrogens (primary N) is 1. The Balaban J connectivity index is 2.95. The number of aliphatic carboxylic acids is 1. The van der Waals surface area contributed by atoms with Crippen molar-refractivity contribution in [1.82, 2.24) is 5.32 Å². The molecule has 0 aliphatic heterocycles. The van der Waals surface area contributed by atoms with E-state index in [1.54, 1.807) is 34.6 Å². The van der Waals surface area contributed by atoms with Crippen molar-refractivity contribution in [1.29, 1.82) is 0 Å². The average molecular weight is 284 g/mol. The van der Waals surface area contributed by atoms with Crippen molar-refractivity contribution >= 4 is 17.8 Å². The molecule has 0 spiro atoms. The molecule has 0 aromatic heterocycles. The molecule has 1 unspecified atom stereocenters. The molecule has 0 radical (unpaired) electrons. The van der Waals surface area contributed by atoms with Gasteiger partial charge >= 0.3 is 5.97 Å². The van der Waals surface area contributed by atoms with Gasteiger partial charge in [0.2, 0.25) is 11.8 Å². The van der Waals surface area contributed by atoms with Crippen molar-refractivity contribution in [3.63, 3.8) is 0 Å². The summed E-state index contributed by atoms with van der Waals surface area (Å²) in [5, 5.41) is 11.8. The fourth-order valence-corrected chi connectivity index (χ4v) is 3.05. The van der Waals surface area contributed by atoms with Crippen LogP contribution in [-0.4, -0.2) is 28.4 Å². The van der Waals surface area contributed by atoms with Gasteiger partial charge in [0.05, 0.1) is 11.8 Å². The number of rotatable bonds is 6. The second kappa shape index (κ2) is 5.07. The molecule has 1 aliphatic rings. The second-order valence-electron chi connectivity index (χ2n) is 6.45. The van der Waals surface area contributed by atoms with E-state index in [4.69, 9.17) is 10.8 Å². The number of carboxylic acids is 1. The van der Waals surface area contributed by atoms with Gasteiger partial charge < -0.3 is 16.2 Å². The molecule has 114 valence electrons. The predicted molar refractivity (Wildman–Crippen MR) is 73.6 cm³/mol. The van der Waals surface area contributed by atoms with Crippen molar-refractivity contribution in [3.05, 3.63) is 0 Å². The zero-order chi connectivity index (χ0) is 15.9. The van der Waals surface area contributed by atoms with Crippen LogP contribution < -0.4 is 11.1 Å². The lowest BCUT2D eigenvalue weighted by atomic mass is 9.82. The van der Waals surface area contributed by atoms with Crippen molar-refractivity contribution in [2.75, 3.05) is 0 Å². The van der Waals surface area contributed by atoms with E-state index in [1.807, 2.05) is 0 Å². The SMILES string of the molecule is CCC(NC(=O)[C@@H]1[C@H](C(=O)O)C1(C)C)(C(N)=O)C(C)C. The number of hydrogen-bond donors (Lipinski definition) is 3. The number of carbonyl (C=O) groups is 3. The van der Waals surface area contributed by atoms with Gasteiger partial charge in [-0.05, 0) is 17.8 Å². The summed E-state index contributed by atoms with van der Waals surface area (Å²) in [7, 11) is 0. The number of amides is 2. The van der Waals surface area contributed by atoms with E-state index in [2.05, 4.69) is 5.32 Å². The van der Waals surface area contributed by atoms with Crippen LogP contribution in [0.2, 0.25) is 0 Å². The van der Waals surface area contributed by atoms with E-state index < -0.39 is 40.6 Å². The van der Waals surface area contributed by atoms with Crippen LogP contribution in [0.25, 0.3) is 0 Å². The molecule has 6 nitrogen and oxygen atoms in total. The molecule has 20 heavy (non-hydrogen) atoms. The molecule has 3 atom stereocenters. The van der Waals surface area contributed by atoms with Crippen LogP contribution in [0.5, 0.6) is 0 Å². The van der Waals surface area contributed by atoms with Gasteiger partial charge in [0.25, 0.3) is 0 Å². The number of hydrogen-bond acceptors (Lipinski definition) is 3. The van der Waals surface area contributed by atoms with E-state index in [-0.39, 0.29) is 5.92 Å². The van der Waals surface area contributed by atoms with Gasteiger partial charge in [-0.2, -0.15) is 0 Å². The number of carbonyl (C=O) groups excluding carboxylic acids is 2. The van der Waals surface area contributed by atoms with Gasteiger partial charge in [0, 0.05) is 0 Å². The highest BCUT2D eigenvalue weighted by Gasteiger charge is 2.66. The molecule has 4 N–H and O–H groups in total. The van der Waals surface area contributed by atoms with Gasteiger partial charge in [-0.15, -0.1) is 0 Å². The number of nitrogens with one attached hydrogen (secondary N) is 1. The summed E-state index contributed by atoms with van der Waals surface area (Å²) >= 11 is 0. The Kier molecular flexibility index (Phi) is 4.17. The lowest BCUT2D eigenvalue weighted by Crippen LogP contribution is -2.61. The van der Waals surface area contributed by atoms with Gasteiger partial charge in [-0.3, -0.25) is 14.4 Å². The maximum Gasteiger partial charge on any atom is 0.307 e. The lowest BCUT2D eigenvalue weighted by Gasteiger charge is -2.34. The Morgan fingerprint density at radius 2 is 1.80 bits per heavy atom. The first kappa shape index (κ1) is 16.5. The highest BCUT2D eigenvalue weighted by molar-refractivity contribution is 5.96. The Labute approximate surface area is 119 Å². The van der Waals surface area contributed by atoms with Gasteiger partial charge in [0.1, 0.15) is 5.54 Å². The van der Waals surface area contributed by atoms with E-state index in [1.165, 1.54) is 0 Å². The molecule has 0 aromatic rings. The maximum absolute atomic E-state index is 12.3. The molecular formula is C14H24N2O4. The normalized spacial score (nSPS) is 26.7. The van der Waals surface area contributed by atoms with Crippen LogP contribution in [0.4, 0.5) is 0 Å². The molecule has 6 heteroatoms. The Morgan fingerprint density at radius 1 is 1.30 bits per heavy atom. The number of carboxylic acid groups (broad SMARTS) is 1. The third-order valence-corrected chi connectivity index (χ3v) is 4.71. The van der Waals surface area contributed by atoms with Crippen molar-refractivity contribution in [2.45, 2.75) is 46.6 Å². The highest BCUT2D eigenvalue weighted by Crippen LogP contribution is 2.58. The molecule has 0 bridgehead atoms. The predicted octanol–water partition coefficient (Wildman–Crippen LogP) is 0.750. The molecule has 1 saturated carbocycles. The topological polar surface area (TPSA) is 109 Å². The third-order valence-electron chi connectivity index (χ3n) is 4.71. The standard InChI is InChI=1S/C14H24N2O4/c1-6-14(7(2)3,12(15)20)16-10(17)8-9(11(18)19)13(8,4)5/h7-9H,6H2,1-5H3,(H2,15,20)(H,16,17)(H,18,19)/t8-,9+,14?/m0/s1. The summed E-state index contributed by atoms with van der Waals surface area (Å²) in [6.45, 7) is 8.87. The largest absolute Gasteiger partial charge is 0.481 e. The first-order valence-electron chi connectivity index (χ1n) is 6.87. The fraction of sp³-hybridized carbons (Fsp3) is 0.786. The third kappa shape index (κ3) is 2.39. The van der Waals surface area contributed by atoms with E-state index in [9.17, 15) is 14.4 Å². The van der Waals surface area contributed by atoms with Crippen LogP contribution in [0.15, 0.2) is 0 Å². The molecular weight excluding hydrogens is 260 g/mol. The summed E-state index contributed by atoms with van der Waals surface area (Å²) in [6.07, 6.45) is 0.372. The molecule has 1 rings (SSSR count). The fourth-order valence-electron chi connectivity index (χ4n) is 3.05. The summed E-state index contributed by atoms with van der Waals surface area (Å²) < 4.78 is 0. The minimum atomic E-state index is -1.13. The lowest BCUT2D eigenvalue weighted by molar-refractivity contribution is -0.141. The zero-order valence-electron chi connectivity index (χ0n) is 12.7. The maximum atomic E-state index is 12.3. The Bertz CT molecular complexity index is 444. The Hall–Kier alpha value is -1.59. The first-order valence-corrected chi connectivity index (χ1v) is 6.87. The minimum Gasteiger partial charge on any atom is -0.481 e. The monoisotopic (exact) mass is 284 g/mol. The van der Waals surface area contributed by atoms with Gasteiger partial charge in [0.15, 0.2) is 0 Å². The van der Waals surface area contributed by atoms with Crippen molar-refractivity contribution in [2.24, 2.45) is 28.9 Å². The summed E-state index contributed by atoms with van der Waals surface area (Å²) in [5.41, 5.74) is 3.72. The van der Waals surface area contributed by atoms with E-state index in [0.717, 1.165) is 0 Å². The molecule has 2 amide bonds. The van der Waals surface area contributed by atoms with E-state index in [0.29, 0.717) is 6.42 Å². The highest BCUT2D eigenvalue weighted by atomic mass is 16.4. The summed E-state index contributed by atoms with van der Waals surface area (Å²) in [5.74, 6) is -3.48. The number of primary amides is 1. The van der Waals surface area contributed by atoms with Crippen LogP contribution in [0.1, 0.15) is 41.0 Å². The quantitative estimate of drug-likeness (QED) is 0.668. The molecule has 0 saturated heterocycles. The van der Waals surface area contributed by atoms with Gasteiger partial charge in [-0.25, -0.2) is 0 Å². The second-order valence-corrected chi connectivity index (χ2v) is 6.45. The van der Waals surface area contributed by atoms with Crippen LogP contribution >= 0.6 is 0 Å². The van der Waals surface area contributed by atoms with Crippen LogP contribution in [0.3, 0.4) is 0 Å². The Morgan fingerprint density at radius 3 is 2.05 bits per heavy atom. The minimum absolute atomic E-state index is 0.168. The average Bonchev–Trinajstić information content (AvgIpc) is 2.88. The van der Waals surface area contributed by atoms with Crippen LogP contribution in [0, 0.1) is 23.2 Å². The molecule has 0 heterocycles.